The van der Waals surface area contributed by atoms with E-state index in [9.17, 15) is 0 Å². The first-order valence-electron chi connectivity index (χ1n) is 6.96. The fraction of sp³-hybridized carbons (Fsp3) is 0.923. The molecule has 3 heterocycles. The first-order valence-corrected chi connectivity index (χ1v) is 7.83. The number of rotatable bonds is 2. The maximum atomic E-state index is 4.67. The number of thioether (sulfide) groups is 1. The number of amidine groups is 1. The number of nitrogens with one attached hydrogen (secondary N) is 1. The third-order valence-corrected chi connectivity index (χ3v) is 5.80. The van der Waals surface area contributed by atoms with E-state index < -0.39 is 0 Å². The molecule has 96 valence electrons. The molecule has 0 aliphatic carbocycles. The van der Waals surface area contributed by atoms with Gasteiger partial charge in [0.15, 0.2) is 5.17 Å². The topological polar surface area (TPSA) is 27.6 Å². The van der Waals surface area contributed by atoms with Gasteiger partial charge < -0.3 is 5.32 Å². The minimum Gasteiger partial charge on any atom is -0.361 e. The quantitative estimate of drug-likeness (QED) is 0.815. The van der Waals surface area contributed by atoms with Crippen molar-refractivity contribution in [3.8, 4) is 0 Å². The lowest BCUT2D eigenvalue weighted by Gasteiger charge is -2.22. The van der Waals surface area contributed by atoms with Gasteiger partial charge in [-0.15, -0.1) is 0 Å². The third kappa shape index (κ3) is 2.34. The van der Waals surface area contributed by atoms with Crippen LogP contribution in [0.2, 0.25) is 0 Å². The van der Waals surface area contributed by atoms with E-state index >= 15 is 0 Å². The lowest BCUT2D eigenvalue weighted by molar-refractivity contribution is 0.308. The molecule has 2 saturated heterocycles. The number of nitrogens with zero attached hydrogens (tertiary/aromatic N) is 2. The maximum absolute atomic E-state index is 4.67. The molecule has 17 heavy (non-hydrogen) atoms. The molecular weight excluding hydrogens is 230 g/mol. The van der Waals surface area contributed by atoms with Crippen LogP contribution in [-0.2, 0) is 0 Å². The zero-order valence-electron chi connectivity index (χ0n) is 10.9. The second-order valence-corrected chi connectivity index (χ2v) is 7.06. The van der Waals surface area contributed by atoms with Gasteiger partial charge in [0.1, 0.15) is 0 Å². The van der Waals surface area contributed by atoms with Crippen molar-refractivity contribution in [1.29, 1.82) is 0 Å². The van der Waals surface area contributed by atoms with Gasteiger partial charge in [0.25, 0.3) is 0 Å². The van der Waals surface area contributed by atoms with Crippen LogP contribution < -0.4 is 5.32 Å². The number of fused-ring (bicyclic) bond motifs is 1. The molecular formula is C13H23N3S. The van der Waals surface area contributed by atoms with Crippen molar-refractivity contribution in [1.82, 2.24) is 10.2 Å². The SMILES string of the molecule is CC(C)C1CN=C(NC2CCN3CCCC23)S1. The van der Waals surface area contributed by atoms with Crippen LogP contribution in [0.3, 0.4) is 0 Å². The van der Waals surface area contributed by atoms with Crippen molar-refractivity contribution < 1.29 is 0 Å². The summed E-state index contributed by atoms with van der Waals surface area (Å²) in [7, 11) is 0. The number of hydrogen-bond acceptors (Lipinski definition) is 4. The molecule has 2 fully saturated rings. The summed E-state index contributed by atoms with van der Waals surface area (Å²) in [6.07, 6.45) is 4.07. The Bertz CT molecular complexity index is 316. The molecule has 3 rings (SSSR count). The number of aliphatic imine (C=N–C) groups is 1. The van der Waals surface area contributed by atoms with E-state index in [4.69, 9.17) is 0 Å². The smallest absolute Gasteiger partial charge is 0.157 e. The van der Waals surface area contributed by atoms with Crippen LogP contribution in [0, 0.1) is 5.92 Å². The third-order valence-electron chi connectivity index (χ3n) is 4.34. The fourth-order valence-corrected chi connectivity index (χ4v) is 4.30. The van der Waals surface area contributed by atoms with Crippen molar-refractivity contribution in [2.24, 2.45) is 10.9 Å². The minimum atomic E-state index is 0.662. The highest BCUT2D eigenvalue weighted by atomic mass is 32.2. The largest absolute Gasteiger partial charge is 0.361 e. The Morgan fingerprint density at radius 1 is 1.35 bits per heavy atom. The van der Waals surface area contributed by atoms with Gasteiger partial charge in [0, 0.05) is 23.9 Å². The second kappa shape index (κ2) is 4.81. The van der Waals surface area contributed by atoms with Gasteiger partial charge in [-0.25, -0.2) is 0 Å². The lowest BCUT2D eigenvalue weighted by atomic mass is 10.1. The summed E-state index contributed by atoms with van der Waals surface area (Å²) in [6, 6.07) is 1.45. The summed E-state index contributed by atoms with van der Waals surface area (Å²) in [5.41, 5.74) is 0. The van der Waals surface area contributed by atoms with Crippen LogP contribution in [-0.4, -0.2) is 47.0 Å². The van der Waals surface area contributed by atoms with Crippen molar-refractivity contribution in [3.05, 3.63) is 0 Å². The van der Waals surface area contributed by atoms with Gasteiger partial charge in [0.05, 0.1) is 6.54 Å². The molecule has 3 atom stereocenters. The Labute approximate surface area is 108 Å². The van der Waals surface area contributed by atoms with Gasteiger partial charge >= 0.3 is 0 Å². The molecule has 0 radical (unpaired) electrons. The molecule has 0 bridgehead atoms. The molecule has 0 spiro atoms. The molecule has 0 aromatic carbocycles. The fourth-order valence-electron chi connectivity index (χ4n) is 3.23. The van der Waals surface area contributed by atoms with Crippen LogP contribution in [0.1, 0.15) is 33.1 Å². The van der Waals surface area contributed by atoms with Gasteiger partial charge in [0.2, 0.25) is 0 Å². The van der Waals surface area contributed by atoms with Crippen molar-refractivity contribution in [2.75, 3.05) is 19.6 Å². The van der Waals surface area contributed by atoms with E-state index in [1.807, 2.05) is 11.8 Å². The highest BCUT2D eigenvalue weighted by Crippen LogP contribution is 2.31. The van der Waals surface area contributed by atoms with Gasteiger partial charge in [-0.3, -0.25) is 9.89 Å². The summed E-state index contributed by atoms with van der Waals surface area (Å²) in [5, 5.41) is 5.61. The van der Waals surface area contributed by atoms with Crippen LogP contribution >= 0.6 is 11.8 Å². The van der Waals surface area contributed by atoms with Gasteiger partial charge in [-0.2, -0.15) is 0 Å². The standard InChI is InChI=1S/C13H23N3S/c1-9(2)12-8-14-13(17-12)15-10-5-7-16-6-3-4-11(10)16/h9-12H,3-8H2,1-2H3,(H,14,15). The van der Waals surface area contributed by atoms with Crippen LogP contribution in [0.15, 0.2) is 4.99 Å². The van der Waals surface area contributed by atoms with Crippen LogP contribution in [0.25, 0.3) is 0 Å². The first kappa shape index (κ1) is 11.8. The van der Waals surface area contributed by atoms with Crippen molar-refractivity contribution >= 4 is 16.9 Å². The summed E-state index contributed by atoms with van der Waals surface area (Å²) in [5.74, 6) is 0.731. The van der Waals surface area contributed by atoms with E-state index in [0.717, 1.165) is 18.5 Å². The Morgan fingerprint density at radius 3 is 3.00 bits per heavy atom. The second-order valence-electron chi connectivity index (χ2n) is 5.83. The molecule has 3 aliphatic heterocycles. The predicted molar refractivity (Wildman–Crippen MR) is 74.7 cm³/mol. The highest BCUT2D eigenvalue weighted by molar-refractivity contribution is 8.14. The Hall–Kier alpha value is -0.220. The molecule has 3 aliphatic rings. The van der Waals surface area contributed by atoms with Crippen molar-refractivity contribution in [2.45, 2.75) is 50.4 Å². The lowest BCUT2D eigenvalue weighted by Crippen LogP contribution is -2.41. The average Bonchev–Trinajstić information content (AvgIpc) is 2.96. The molecule has 3 nitrogen and oxygen atoms in total. The van der Waals surface area contributed by atoms with Gasteiger partial charge in [-0.05, 0) is 31.7 Å². The first-order chi connectivity index (χ1) is 8.24. The Kier molecular flexibility index (Phi) is 3.35. The van der Waals surface area contributed by atoms with E-state index in [0.29, 0.717) is 11.3 Å². The highest BCUT2D eigenvalue weighted by Gasteiger charge is 2.38. The normalized spacial score (nSPS) is 37.6. The van der Waals surface area contributed by atoms with Crippen LogP contribution in [0.5, 0.6) is 0 Å². The van der Waals surface area contributed by atoms with Crippen LogP contribution in [0.4, 0.5) is 0 Å². The van der Waals surface area contributed by atoms with E-state index in [1.165, 1.54) is 37.5 Å². The molecule has 0 aromatic heterocycles. The van der Waals surface area contributed by atoms with E-state index in [-0.39, 0.29) is 0 Å². The maximum Gasteiger partial charge on any atom is 0.157 e. The minimum absolute atomic E-state index is 0.662. The monoisotopic (exact) mass is 253 g/mol. The summed E-state index contributed by atoms with van der Waals surface area (Å²) in [4.78, 5) is 7.32. The van der Waals surface area contributed by atoms with Crippen molar-refractivity contribution in [3.63, 3.8) is 0 Å². The average molecular weight is 253 g/mol. The Morgan fingerprint density at radius 2 is 2.24 bits per heavy atom. The molecule has 3 unspecified atom stereocenters. The van der Waals surface area contributed by atoms with Gasteiger partial charge in [-0.1, -0.05) is 25.6 Å². The van der Waals surface area contributed by atoms with E-state index in [1.54, 1.807) is 0 Å². The predicted octanol–water partition coefficient (Wildman–Crippen LogP) is 1.94. The van der Waals surface area contributed by atoms with E-state index in [2.05, 4.69) is 29.1 Å². The molecule has 0 saturated carbocycles. The summed E-state index contributed by atoms with van der Waals surface area (Å²) >= 11 is 1.96. The molecule has 0 amide bonds. The Balaban J connectivity index is 1.54. The number of hydrogen-bond donors (Lipinski definition) is 1. The molecule has 4 heteroatoms. The summed E-state index contributed by atoms with van der Waals surface area (Å²) in [6.45, 7) is 8.20. The zero-order valence-corrected chi connectivity index (χ0v) is 11.7. The molecule has 0 aromatic rings. The molecule has 1 N–H and O–H groups in total. The summed E-state index contributed by atoms with van der Waals surface area (Å²) < 4.78 is 0. The zero-order chi connectivity index (χ0) is 11.8.